The van der Waals surface area contributed by atoms with Gasteiger partial charge in [-0.1, -0.05) is 12.1 Å². The number of aromatic hydroxyl groups is 1. The van der Waals surface area contributed by atoms with Crippen LogP contribution in [0, 0.1) is 5.82 Å². The molecule has 1 rings (SSSR count). The van der Waals surface area contributed by atoms with Crippen LogP contribution >= 0.6 is 0 Å². The van der Waals surface area contributed by atoms with Crippen LogP contribution in [0.2, 0.25) is 0 Å². The summed E-state index contributed by atoms with van der Waals surface area (Å²) in [5.74, 6) is -1.88. The number of nitrogens with two attached hydrogens (primary N) is 1. The Kier molecular flexibility index (Phi) is 2.64. The molecule has 1 aromatic rings. The van der Waals surface area contributed by atoms with Crippen molar-refractivity contribution in [3.8, 4) is 5.75 Å². The first-order chi connectivity index (χ1) is 6.11. The lowest BCUT2D eigenvalue weighted by molar-refractivity contribution is -0.113. The average Bonchev–Trinajstić information content (AvgIpc) is 2.07. The summed E-state index contributed by atoms with van der Waals surface area (Å²) >= 11 is 0. The fourth-order valence-corrected chi connectivity index (χ4v) is 0.838. The van der Waals surface area contributed by atoms with Crippen LogP contribution in [0.3, 0.4) is 0 Å². The second kappa shape index (κ2) is 3.71. The highest BCUT2D eigenvalue weighted by Gasteiger charge is 2.02. The van der Waals surface area contributed by atoms with Crippen molar-refractivity contribution in [2.24, 2.45) is 5.73 Å². The van der Waals surface area contributed by atoms with Crippen LogP contribution in [0.5, 0.6) is 5.75 Å². The van der Waals surface area contributed by atoms with Gasteiger partial charge in [-0.15, -0.1) is 0 Å². The maximum Gasteiger partial charge on any atom is 0.241 e. The van der Waals surface area contributed by atoms with Gasteiger partial charge in [-0.2, -0.15) is 0 Å². The molecule has 0 heterocycles. The van der Waals surface area contributed by atoms with Gasteiger partial charge in [0.25, 0.3) is 0 Å². The fraction of sp³-hybridized carbons (Fsp3) is 0. The summed E-state index contributed by atoms with van der Waals surface area (Å²) in [5.41, 5.74) is 4.94. The first-order valence-corrected chi connectivity index (χ1v) is 3.56. The zero-order valence-corrected chi connectivity index (χ0v) is 6.70. The molecule has 0 aliphatic rings. The predicted octanol–water partition coefficient (Wildman–Crippen LogP) is 1.03. The van der Waals surface area contributed by atoms with Crippen LogP contribution in [0.25, 0.3) is 6.08 Å². The lowest BCUT2D eigenvalue weighted by atomic mass is 10.2. The molecule has 0 aliphatic carbocycles. The van der Waals surface area contributed by atoms with Gasteiger partial charge >= 0.3 is 0 Å². The summed E-state index contributed by atoms with van der Waals surface area (Å²) in [6, 6.07) is 4.12. The Morgan fingerprint density at radius 1 is 1.54 bits per heavy atom. The van der Waals surface area contributed by atoms with Gasteiger partial charge in [-0.05, 0) is 12.1 Å². The van der Waals surface area contributed by atoms with Crippen LogP contribution in [0.1, 0.15) is 5.56 Å². The monoisotopic (exact) mass is 181 g/mol. The Labute approximate surface area is 74.3 Å². The zero-order chi connectivity index (χ0) is 9.84. The molecule has 3 nitrogen and oxygen atoms in total. The minimum absolute atomic E-state index is 0.124. The van der Waals surface area contributed by atoms with Crippen molar-refractivity contribution in [2.45, 2.75) is 0 Å². The number of carbonyl (C=O) groups excluding carboxylic acids is 1. The van der Waals surface area contributed by atoms with Crippen LogP contribution in [0.15, 0.2) is 24.3 Å². The van der Waals surface area contributed by atoms with E-state index in [0.717, 1.165) is 6.08 Å². The molecular formula is C9H8FNO2. The normalized spacial score (nSPS) is 10.5. The highest BCUT2D eigenvalue weighted by Crippen LogP contribution is 2.19. The van der Waals surface area contributed by atoms with Crippen LogP contribution in [-0.4, -0.2) is 11.0 Å². The summed E-state index contributed by atoms with van der Waals surface area (Å²) in [6.07, 6.45) is 2.23. The highest BCUT2D eigenvalue weighted by atomic mass is 19.1. The van der Waals surface area contributed by atoms with E-state index in [1.54, 1.807) is 0 Å². The minimum Gasteiger partial charge on any atom is -0.505 e. The molecular weight excluding hydrogens is 173 g/mol. The van der Waals surface area contributed by atoms with Crippen molar-refractivity contribution < 1.29 is 14.3 Å². The van der Waals surface area contributed by atoms with Crippen molar-refractivity contribution in [1.82, 2.24) is 0 Å². The lowest BCUT2D eigenvalue weighted by Gasteiger charge is -1.97. The standard InChI is InChI=1S/C9H8FNO2/c10-9-6(4-5-8(11)13)2-1-3-7(9)12/h1-5,12H,(H2,11,13). The molecule has 0 saturated carbocycles. The van der Waals surface area contributed by atoms with Crippen molar-refractivity contribution >= 4 is 12.0 Å². The van der Waals surface area contributed by atoms with Crippen LogP contribution < -0.4 is 5.73 Å². The molecule has 0 unspecified atom stereocenters. The molecule has 3 N–H and O–H groups in total. The van der Waals surface area contributed by atoms with E-state index in [2.05, 4.69) is 0 Å². The predicted molar refractivity (Wildman–Crippen MR) is 46.3 cm³/mol. The molecule has 0 bridgehead atoms. The summed E-state index contributed by atoms with van der Waals surface area (Å²) in [4.78, 5) is 10.3. The number of hydrogen-bond donors (Lipinski definition) is 2. The Morgan fingerprint density at radius 2 is 2.23 bits per heavy atom. The Bertz CT molecular complexity index is 361. The van der Waals surface area contributed by atoms with Crippen molar-refractivity contribution in [3.63, 3.8) is 0 Å². The quantitative estimate of drug-likeness (QED) is 0.669. The van der Waals surface area contributed by atoms with Gasteiger partial charge in [0.2, 0.25) is 5.91 Å². The lowest BCUT2D eigenvalue weighted by Crippen LogP contribution is -2.05. The first-order valence-electron chi connectivity index (χ1n) is 3.56. The summed E-state index contributed by atoms with van der Waals surface area (Å²) < 4.78 is 13.0. The average molecular weight is 181 g/mol. The molecule has 68 valence electrons. The van der Waals surface area contributed by atoms with Gasteiger partial charge in [-0.3, -0.25) is 4.79 Å². The van der Waals surface area contributed by atoms with Crippen molar-refractivity contribution in [1.29, 1.82) is 0 Å². The van der Waals surface area contributed by atoms with E-state index in [4.69, 9.17) is 10.8 Å². The highest BCUT2D eigenvalue weighted by molar-refractivity contribution is 5.90. The molecule has 0 fully saturated rings. The van der Waals surface area contributed by atoms with Crippen LogP contribution in [-0.2, 0) is 4.79 Å². The zero-order valence-electron chi connectivity index (χ0n) is 6.70. The third-order valence-electron chi connectivity index (χ3n) is 1.44. The SMILES string of the molecule is NC(=O)C=Cc1cccc(O)c1F. The number of rotatable bonds is 2. The van der Waals surface area contributed by atoms with Crippen LogP contribution in [0.4, 0.5) is 4.39 Å². The van der Waals surface area contributed by atoms with E-state index < -0.39 is 17.5 Å². The number of primary amides is 1. The third kappa shape index (κ3) is 2.30. The van der Waals surface area contributed by atoms with Gasteiger partial charge in [0.05, 0.1) is 0 Å². The molecule has 0 radical (unpaired) electrons. The number of halogens is 1. The number of phenolic OH excluding ortho intramolecular Hbond substituents is 1. The number of hydrogen-bond acceptors (Lipinski definition) is 2. The molecule has 0 spiro atoms. The summed E-state index contributed by atoms with van der Waals surface area (Å²) in [5, 5.41) is 8.94. The molecule has 0 aromatic heterocycles. The van der Waals surface area contributed by atoms with E-state index in [1.165, 1.54) is 24.3 Å². The molecule has 13 heavy (non-hydrogen) atoms. The van der Waals surface area contributed by atoms with Gasteiger partial charge in [0.1, 0.15) is 0 Å². The number of phenols is 1. The molecule has 1 amide bonds. The van der Waals surface area contributed by atoms with E-state index in [0.29, 0.717) is 0 Å². The maximum atomic E-state index is 13.0. The van der Waals surface area contributed by atoms with E-state index in [-0.39, 0.29) is 5.56 Å². The van der Waals surface area contributed by atoms with E-state index in [9.17, 15) is 9.18 Å². The Morgan fingerprint density at radius 3 is 2.85 bits per heavy atom. The Balaban J connectivity index is 3.02. The molecule has 4 heteroatoms. The first kappa shape index (κ1) is 9.25. The summed E-state index contributed by atoms with van der Waals surface area (Å²) in [7, 11) is 0. The number of carbonyl (C=O) groups is 1. The smallest absolute Gasteiger partial charge is 0.241 e. The van der Waals surface area contributed by atoms with E-state index in [1.807, 2.05) is 0 Å². The molecule has 0 atom stereocenters. The van der Waals surface area contributed by atoms with Gasteiger partial charge in [0, 0.05) is 11.6 Å². The third-order valence-corrected chi connectivity index (χ3v) is 1.44. The minimum atomic E-state index is -0.764. The topological polar surface area (TPSA) is 63.3 Å². The summed E-state index contributed by atoms with van der Waals surface area (Å²) in [6.45, 7) is 0. The van der Waals surface area contributed by atoms with Gasteiger partial charge in [0.15, 0.2) is 11.6 Å². The number of benzene rings is 1. The second-order valence-electron chi connectivity index (χ2n) is 2.42. The second-order valence-corrected chi connectivity index (χ2v) is 2.42. The molecule has 1 aromatic carbocycles. The number of amides is 1. The van der Waals surface area contributed by atoms with Crippen molar-refractivity contribution in [3.05, 3.63) is 35.7 Å². The van der Waals surface area contributed by atoms with Gasteiger partial charge in [-0.25, -0.2) is 4.39 Å². The fourth-order valence-electron chi connectivity index (χ4n) is 0.838. The van der Waals surface area contributed by atoms with Gasteiger partial charge < -0.3 is 10.8 Å². The van der Waals surface area contributed by atoms with E-state index >= 15 is 0 Å². The Hall–Kier alpha value is -1.84. The van der Waals surface area contributed by atoms with Crippen molar-refractivity contribution in [2.75, 3.05) is 0 Å². The largest absolute Gasteiger partial charge is 0.505 e. The molecule has 0 saturated heterocycles. The molecule has 0 aliphatic heterocycles. The maximum absolute atomic E-state index is 13.0.